The van der Waals surface area contributed by atoms with E-state index >= 15 is 0 Å². The van der Waals surface area contributed by atoms with Crippen molar-refractivity contribution >= 4 is 11.6 Å². The van der Waals surface area contributed by atoms with E-state index < -0.39 is 0 Å². The van der Waals surface area contributed by atoms with E-state index in [0.717, 1.165) is 24.7 Å². The molecule has 3 heteroatoms. The molecule has 1 heterocycles. The Bertz CT molecular complexity index is 347. The summed E-state index contributed by atoms with van der Waals surface area (Å²) in [5.41, 5.74) is 2.46. The summed E-state index contributed by atoms with van der Waals surface area (Å²) in [5.74, 6) is 0.476. The predicted molar refractivity (Wildman–Crippen MR) is 62.0 cm³/mol. The van der Waals surface area contributed by atoms with Crippen LogP contribution in [0.2, 0.25) is 5.02 Å². The summed E-state index contributed by atoms with van der Waals surface area (Å²) in [5, 5.41) is 9.76. The largest absolute Gasteiger partial charge is 0.396 e. The Kier molecular flexibility index (Phi) is 3.29. The summed E-state index contributed by atoms with van der Waals surface area (Å²) in [4.78, 5) is 2.33. The molecule has 0 radical (unpaired) electrons. The lowest BCUT2D eigenvalue weighted by Gasteiger charge is -2.38. The number of hydrogen-bond donors (Lipinski definition) is 1. The highest BCUT2D eigenvalue weighted by Gasteiger charge is 2.25. The van der Waals surface area contributed by atoms with Gasteiger partial charge in [0.2, 0.25) is 0 Å². The highest BCUT2D eigenvalue weighted by Crippen LogP contribution is 2.23. The lowest BCUT2D eigenvalue weighted by Crippen LogP contribution is -2.47. The fourth-order valence-corrected chi connectivity index (χ4v) is 2.18. The second kappa shape index (κ2) is 4.52. The topological polar surface area (TPSA) is 23.5 Å². The Morgan fingerprint density at radius 1 is 1.47 bits per heavy atom. The van der Waals surface area contributed by atoms with E-state index in [2.05, 4.69) is 17.9 Å². The van der Waals surface area contributed by atoms with Gasteiger partial charge in [0.15, 0.2) is 0 Å². The lowest BCUT2D eigenvalue weighted by molar-refractivity contribution is 0.0478. The molecule has 0 amide bonds. The van der Waals surface area contributed by atoms with Crippen molar-refractivity contribution in [3.63, 3.8) is 0 Å². The van der Waals surface area contributed by atoms with Crippen molar-refractivity contribution in [2.45, 2.75) is 13.5 Å². The smallest absolute Gasteiger partial charge is 0.0483 e. The molecule has 82 valence electrons. The van der Waals surface area contributed by atoms with Crippen molar-refractivity contribution in [2.24, 2.45) is 5.92 Å². The van der Waals surface area contributed by atoms with Gasteiger partial charge in [-0.05, 0) is 24.1 Å². The van der Waals surface area contributed by atoms with Crippen molar-refractivity contribution in [2.75, 3.05) is 19.7 Å². The van der Waals surface area contributed by atoms with E-state index in [0.29, 0.717) is 12.5 Å². The molecule has 1 N–H and O–H groups in total. The van der Waals surface area contributed by atoms with Crippen LogP contribution in [-0.2, 0) is 6.54 Å². The zero-order valence-corrected chi connectivity index (χ0v) is 9.67. The van der Waals surface area contributed by atoms with Crippen LogP contribution in [0.5, 0.6) is 0 Å². The zero-order valence-electron chi connectivity index (χ0n) is 8.91. The van der Waals surface area contributed by atoms with E-state index in [9.17, 15) is 0 Å². The average molecular weight is 226 g/mol. The van der Waals surface area contributed by atoms with Gasteiger partial charge in [0.05, 0.1) is 0 Å². The highest BCUT2D eigenvalue weighted by atomic mass is 35.5. The SMILES string of the molecule is Cc1c(Cl)cccc1CN1CC(CO)C1. The molecule has 0 aliphatic carbocycles. The Hall–Kier alpha value is -0.570. The fourth-order valence-electron chi connectivity index (χ4n) is 1.99. The third kappa shape index (κ3) is 2.33. The predicted octanol–water partition coefficient (Wildman–Crippen LogP) is 2.07. The van der Waals surface area contributed by atoms with E-state index in [-0.39, 0.29) is 0 Å². The molecule has 1 fully saturated rings. The number of aliphatic hydroxyl groups excluding tert-OH is 1. The van der Waals surface area contributed by atoms with Gasteiger partial charge in [0.25, 0.3) is 0 Å². The zero-order chi connectivity index (χ0) is 10.8. The molecule has 15 heavy (non-hydrogen) atoms. The summed E-state index contributed by atoms with van der Waals surface area (Å²) in [6.07, 6.45) is 0. The second-order valence-corrected chi connectivity index (χ2v) is 4.67. The monoisotopic (exact) mass is 225 g/mol. The molecular weight excluding hydrogens is 210 g/mol. The summed E-state index contributed by atoms with van der Waals surface area (Å²) in [6, 6.07) is 6.04. The molecule has 1 aliphatic rings. The summed E-state index contributed by atoms with van der Waals surface area (Å²) in [6.45, 7) is 5.32. The van der Waals surface area contributed by atoms with Crippen molar-refractivity contribution in [1.29, 1.82) is 0 Å². The van der Waals surface area contributed by atoms with Gasteiger partial charge < -0.3 is 5.11 Å². The van der Waals surface area contributed by atoms with E-state index in [1.165, 1.54) is 11.1 Å². The minimum atomic E-state index is 0.311. The van der Waals surface area contributed by atoms with Crippen LogP contribution in [0.25, 0.3) is 0 Å². The van der Waals surface area contributed by atoms with Crippen molar-refractivity contribution < 1.29 is 5.11 Å². The van der Waals surface area contributed by atoms with Gasteiger partial charge in [-0.15, -0.1) is 0 Å². The molecule has 0 spiro atoms. The molecule has 0 saturated carbocycles. The highest BCUT2D eigenvalue weighted by molar-refractivity contribution is 6.31. The summed E-state index contributed by atoms with van der Waals surface area (Å²) in [7, 11) is 0. The van der Waals surface area contributed by atoms with E-state index in [4.69, 9.17) is 16.7 Å². The van der Waals surface area contributed by atoms with Crippen LogP contribution < -0.4 is 0 Å². The number of rotatable bonds is 3. The number of hydrogen-bond acceptors (Lipinski definition) is 2. The third-order valence-electron chi connectivity index (χ3n) is 3.06. The van der Waals surface area contributed by atoms with Crippen LogP contribution >= 0.6 is 11.6 Å². The summed E-state index contributed by atoms with van der Waals surface area (Å²) >= 11 is 6.06. The first-order valence-corrected chi connectivity index (χ1v) is 5.65. The van der Waals surface area contributed by atoms with Gasteiger partial charge in [-0.1, -0.05) is 23.7 Å². The van der Waals surface area contributed by atoms with Gasteiger partial charge in [0.1, 0.15) is 0 Å². The third-order valence-corrected chi connectivity index (χ3v) is 3.47. The fraction of sp³-hybridized carbons (Fsp3) is 0.500. The molecule has 0 bridgehead atoms. The minimum Gasteiger partial charge on any atom is -0.396 e. The first-order chi connectivity index (χ1) is 7.20. The quantitative estimate of drug-likeness (QED) is 0.852. The molecule has 2 nitrogen and oxygen atoms in total. The molecule has 1 aromatic carbocycles. The number of benzene rings is 1. The lowest BCUT2D eigenvalue weighted by atomic mass is 9.99. The Labute approximate surface area is 95.5 Å². The number of aliphatic hydroxyl groups is 1. The van der Waals surface area contributed by atoms with Crippen LogP contribution in [0.15, 0.2) is 18.2 Å². The second-order valence-electron chi connectivity index (χ2n) is 4.27. The molecular formula is C12H16ClNO. The Balaban J connectivity index is 1.97. The normalized spacial score (nSPS) is 17.8. The van der Waals surface area contributed by atoms with Gasteiger partial charge in [-0.3, -0.25) is 4.90 Å². The van der Waals surface area contributed by atoms with Crippen molar-refractivity contribution in [3.8, 4) is 0 Å². The van der Waals surface area contributed by atoms with Crippen LogP contribution in [0.3, 0.4) is 0 Å². The standard InChI is InChI=1S/C12H16ClNO/c1-9-11(3-2-4-12(9)13)7-14-5-10(6-14)8-15/h2-4,10,15H,5-8H2,1H3. The molecule has 1 aromatic rings. The van der Waals surface area contributed by atoms with Gasteiger partial charge in [-0.2, -0.15) is 0 Å². The minimum absolute atomic E-state index is 0.311. The first kappa shape index (κ1) is 10.9. The molecule has 0 aromatic heterocycles. The maximum absolute atomic E-state index is 8.92. The Morgan fingerprint density at radius 2 is 2.20 bits per heavy atom. The van der Waals surface area contributed by atoms with Crippen molar-refractivity contribution in [3.05, 3.63) is 34.3 Å². The van der Waals surface area contributed by atoms with E-state index in [1.807, 2.05) is 12.1 Å². The van der Waals surface area contributed by atoms with Crippen LogP contribution in [0.1, 0.15) is 11.1 Å². The maximum atomic E-state index is 8.92. The molecule has 0 unspecified atom stereocenters. The summed E-state index contributed by atoms with van der Waals surface area (Å²) < 4.78 is 0. The van der Waals surface area contributed by atoms with Gasteiger partial charge >= 0.3 is 0 Å². The van der Waals surface area contributed by atoms with E-state index in [1.54, 1.807) is 0 Å². The molecule has 1 saturated heterocycles. The Morgan fingerprint density at radius 3 is 2.87 bits per heavy atom. The molecule has 1 aliphatic heterocycles. The first-order valence-electron chi connectivity index (χ1n) is 5.28. The number of nitrogens with zero attached hydrogens (tertiary/aromatic N) is 1. The molecule has 0 atom stereocenters. The van der Waals surface area contributed by atoms with Crippen LogP contribution in [-0.4, -0.2) is 29.7 Å². The number of likely N-dealkylation sites (tertiary alicyclic amines) is 1. The molecule has 2 rings (SSSR count). The van der Waals surface area contributed by atoms with Crippen molar-refractivity contribution in [1.82, 2.24) is 4.90 Å². The van der Waals surface area contributed by atoms with Gasteiger partial charge in [0, 0.05) is 37.2 Å². The van der Waals surface area contributed by atoms with Gasteiger partial charge in [-0.25, -0.2) is 0 Å². The van der Waals surface area contributed by atoms with Crippen LogP contribution in [0.4, 0.5) is 0 Å². The average Bonchev–Trinajstić information content (AvgIpc) is 2.17. The number of halogens is 1. The van der Waals surface area contributed by atoms with Crippen LogP contribution in [0, 0.1) is 12.8 Å². The maximum Gasteiger partial charge on any atom is 0.0483 e.